The van der Waals surface area contributed by atoms with Crippen LogP contribution >= 0.6 is 0 Å². The van der Waals surface area contributed by atoms with Crippen LogP contribution in [0.15, 0.2) is 59.6 Å². The maximum absolute atomic E-state index is 14.0. The van der Waals surface area contributed by atoms with E-state index in [1.165, 1.54) is 24.9 Å². The first-order valence-electron chi connectivity index (χ1n) is 14.6. The SMILES string of the molecule is Cc1c(-c2ncco2)cccc1[C@H](Nc1cc(C#N)c2ncc(C#N)c(NCC(C)(C)C)c2c1)c1cn(C2(C(F)(F)F)CC2)nn1. The van der Waals surface area contributed by atoms with Crippen molar-refractivity contribution in [2.75, 3.05) is 17.2 Å². The van der Waals surface area contributed by atoms with Gasteiger partial charge in [0.25, 0.3) is 0 Å². The van der Waals surface area contributed by atoms with Gasteiger partial charge in [0.1, 0.15) is 24.1 Å². The zero-order chi connectivity index (χ0) is 32.9. The van der Waals surface area contributed by atoms with Crippen LogP contribution in [-0.4, -0.2) is 37.7 Å². The summed E-state index contributed by atoms with van der Waals surface area (Å²) in [5.41, 5.74) is 2.18. The number of oxazole rings is 1. The van der Waals surface area contributed by atoms with Crippen LogP contribution < -0.4 is 10.6 Å². The Hall–Kier alpha value is -5.43. The van der Waals surface area contributed by atoms with Crippen LogP contribution in [0.3, 0.4) is 0 Å². The smallest absolute Gasteiger partial charge is 0.413 e. The highest BCUT2D eigenvalue weighted by molar-refractivity contribution is 5.99. The van der Waals surface area contributed by atoms with Crippen molar-refractivity contribution in [2.45, 2.75) is 58.3 Å². The summed E-state index contributed by atoms with van der Waals surface area (Å²) in [6.07, 6.45) is 1.12. The molecule has 3 aromatic heterocycles. The van der Waals surface area contributed by atoms with E-state index in [9.17, 15) is 23.7 Å². The number of pyridine rings is 1. The summed E-state index contributed by atoms with van der Waals surface area (Å²) in [6, 6.07) is 12.5. The number of nitrogens with zero attached hydrogens (tertiary/aromatic N) is 7. The summed E-state index contributed by atoms with van der Waals surface area (Å²) >= 11 is 0. The number of halogens is 3. The number of benzene rings is 2. The second-order valence-corrected chi connectivity index (χ2v) is 12.7. The van der Waals surface area contributed by atoms with Crippen LogP contribution in [0.2, 0.25) is 0 Å². The van der Waals surface area contributed by atoms with Gasteiger partial charge in [-0.3, -0.25) is 4.98 Å². The van der Waals surface area contributed by atoms with Crippen LogP contribution in [0, 0.1) is 35.0 Å². The highest BCUT2D eigenvalue weighted by atomic mass is 19.4. The lowest BCUT2D eigenvalue weighted by Gasteiger charge is -2.23. The minimum atomic E-state index is -4.48. The van der Waals surface area contributed by atoms with Crippen LogP contribution in [0.25, 0.3) is 22.4 Å². The lowest BCUT2D eigenvalue weighted by atomic mass is 9.94. The first-order valence-corrected chi connectivity index (χ1v) is 14.6. The number of aromatic nitrogens is 5. The Morgan fingerprint density at radius 2 is 1.85 bits per heavy atom. The Morgan fingerprint density at radius 3 is 2.48 bits per heavy atom. The number of nitrogens with one attached hydrogen (secondary N) is 2. The topological polar surface area (TPSA) is 141 Å². The highest BCUT2D eigenvalue weighted by Crippen LogP contribution is 2.55. The fourth-order valence-corrected chi connectivity index (χ4v) is 5.51. The second kappa shape index (κ2) is 11.2. The molecule has 13 heteroatoms. The normalized spacial score (nSPS) is 14.8. The molecule has 1 aliphatic rings. The first-order chi connectivity index (χ1) is 21.8. The van der Waals surface area contributed by atoms with E-state index in [1.807, 2.05) is 19.1 Å². The summed E-state index contributed by atoms with van der Waals surface area (Å²) in [4.78, 5) is 8.69. The van der Waals surface area contributed by atoms with Gasteiger partial charge in [-0.25, -0.2) is 9.67 Å². The number of rotatable bonds is 8. The summed E-state index contributed by atoms with van der Waals surface area (Å²) in [5.74, 6) is 0.387. The maximum atomic E-state index is 14.0. The van der Waals surface area contributed by atoms with Crippen molar-refractivity contribution in [3.8, 4) is 23.6 Å². The number of nitriles is 2. The molecule has 0 saturated heterocycles. The Bertz CT molecular complexity index is 2010. The van der Waals surface area contributed by atoms with Crippen molar-refractivity contribution >= 4 is 22.3 Å². The van der Waals surface area contributed by atoms with E-state index in [1.54, 1.807) is 18.2 Å². The minimum absolute atomic E-state index is 0.0785. The van der Waals surface area contributed by atoms with E-state index in [0.717, 1.165) is 10.2 Å². The van der Waals surface area contributed by atoms with Crippen molar-refractivity contribution in [3.05, 3.63) is 83.1 Å². The molecule has 2 N–H and O–H groups in total. The fraction of sp³-hybridized carbons (Fsp3) is 0.333. The van der Waals surface area contributed by atoms with E-state index in [0.29, 0.717) is 51.4 Å². The molecule has 6 rings (SSSR count). The third-order valence-electron chi connectivity index (χ3n) is 8.16. The van der Waals surface area contributed by atoms with Crippen molar-refractivity contribution in [1.29, 1.82) is 10.5 Å². The highest BCUT2D eigenvalue weighted by Gasteiger charge is 2.66. The first kappa shape index (κ1) is 30.6. The van der Waals surface area contributed by atoms with E-state index < -0.39 is 17.8 Å². The largest absolute Gasteiger partial charge is 0.445 e. The molecule has 0 amide bonds. The zero-order valence-electron chi connectivity index (χ0n) is 25.6. The zero-order valence-corrected chi connectivity index (χ0v) is 25.6. The lowest BCUT2D eigenvalue weighted by Crippen LogP contribution is -2.35. The predicted octanol–water partition coefficient (Wildman–Crippen LogP) is 7.24. The van der Waals surface area contributed by atoms with Crippen LogP contribution in [0.1, 0.15) is 67.6 Å². The van der Waals surface area contributed by atoms with Gasteiger partial charge in [0.15, 0.2) is 5.54 Å². The van der Waals surface area contributed by atoms with Gasteiger partial charge in [-0.2, -0.15) is 23.7 Å². The van der Waals surface area contributed by atoms with Gasteiger partial charge in [-0.1, -0.05) is 38.1 Å². The number of hydrogen-bond acceptors (Lipinski definition) is 9. The van der Waals surface area contributed by atoms with E-state index in [4.69, 9.17) is 4.42 Å². The molecule has 0 spiro atoms. The van der Waals surface area contributed by atoms with Crippen LogP contribution in [-0.2, 0) is 5.54 Å². The predicted molar refractivity (Wildman–Crippen MR) is 165 cm³/mol. The molecule has 0 unspecified atom stereocenters. The Morgan fingerprint density at radius 1 is 1.09 bits per heavy atom. The monoisotopic (exact) mass is 625 g/mol. The average molecular weight is 626 g/mol. The van der Waals surface area contributed by atoms with Gasteiger partial charge in [0.2, 0.25) is 5.89 Å². The Labute approximate surface area is 262 Å². The van der Waals surface area contributed by atoms with E-state index >= 15 is 0 Å². The van der Waals surface area contributed by atoms with Gasteiger partial charge in [-0.05, 0) is 54.5 Å². The maximum Gasteiger partial charge on any atom is 0.413 e. The molecule has 1 aliphatic carbocycles. The molecule has 3 heterocycles. The van der Waals surface area contributed by atoms with Crippen molar-refractivity contribution in [1.82, 2.24) is 25.0 Å². The molecule has 1 saturated carbocycles. The molecule has 234 valence electrons. The summed E-state index contributed by atoms with van der Waals surface area (Å²) in [7, 11) is 0. The molecule has 2 aromatic carbocycles. The Kier molecular flexibility index (Phi) is 7.43. The summed E-state index contributed by atoms with van der Waals surface area (Å²) in [5, 5.41) is 35.5. The molecule has 0 radical (unpaired) electrons. The number of alkyl halides is 3. The van der Waals surface area contributed by atoms with E-state index in [-0.39, 0.29) is 29.5 Å². The molecule has 0 bridgehead atoms. The Balaban J connectivity index is 1.50. The van der Waals surface area contributed by atoms with E-state index in [2.05, 4.69) is 63.8 Å². The van der Waals surface area contributed by atoms with Gasteiger partial charge in [-0.15, -0.1) is 5.10 Å². The van der Waals surface area contributed by atoms with Crippen molar-refractivity contribution in [2.24, 2.45) is 5.41 Å². The standard InChI is InChI=1S/C33H30F3N9O/c1-19-23(6-5-7-24(19)30-39-10-11-46-30)29(26-17-45(44-43-26)32(8-9-32)33(34,35)36)42-22-12-20(14-37)27-25(13-22)28(21(15-38)16-40-27)41-18-31(2,3)4/h5-7,10-13,16-17,29,42H,8-9,18H2,1-4H3,(H,40,41)/t29-/m0/s1. The summed E-state index contributed by atoms with van der Waals surface area (Å²) < 4.78 is 48.5. The molecule has 5 aromatic rings. The number of hydrogen-bond donors (Lipinski definition) is 2. The molecule has 46 heavy (non-hydrogen) atoms. The molecular formula is C33H30F3N9O. The summed E-state index contributed by atoms with van der Waals surface area (Å²) in [6.45, 7) is 8.57. The van der Waals surface area contributed by atoms with Gasteiger partial charge >= 0.3 is 6.18 Å². The fourth-order valence-electron chi connectivity index (χ4n) is 5.51. The number of anilines is 2. The second-order valence-electron chi connectivity index (χ2n) is 12.7. The molecule has 0 aliphatic heterocycles. The van der Waals surface area contributed by atoms with Gasteiger partial charge in [0.05, 0.1) is 40.8 Å². The lowest BCUT2D eigenvalue weighted by molar-refractivity contribution is -0.182. The average Bonchev–Trinajstić information content (AvgIpc) is 3.41. The van der Waals surface area contributed by atoms with Crippen molar-refractivity contribution < 1.29 is 17.6 Å². The molecule has 1 fully saturated rings. The quantitative estimate of drug-likeness (QED) is 0.182. The molecular weight excluding hydrogens is 595 g/mol. The third-order valence-corrected chi connectivity index (χ3v) is 8.16. The van der Waals surface area contributed by atoms with Crippen LogP contribution in [0.5, 0.6) is 0 Å². The van der Waals surface area contributed by atoms with Gasteiger partial charge in [0, 0.05) is 29.4 Å². The molecule has 10 nitrogen and oxygen atoms in total. The minimum Gasteiger partial charge on any atom is -0.445 e. The molecule has 1 atom stereocenters. The van der Waals surface area contributed by atoms with Crippen molar-refractivity contribution in [3.63, 3.8) is 0 Å². The number of fused-ring (bicyclic) bond motifs is 1. The third kappa shape index (κ3) is 5.49. The van der Waals surface area contributed by atoms with Crippen LogP contribution in [0.4, 0.5) is 24.5 Å². The van der Waals surface area contributed by atoms with Gasteiger partial charge < -0.3 is 15.1 Å².